The number of benzene rings is 1. The Kier molecular flexibility index (Phi) is 4.92. The second-order valence-corrected chi connectivity index (χ2v) is 6.53. The van der Waals surface area contributed by atoms with Crippen LogP contribution < -0.4 is 21.5 Å². The first-order valence-corrected chi connectivity index (χ1v) is 8.43. The van der Waals surface area contributed by atoms with E-state index in [1.807, 2.05) is 4.90 Å². The molecule has 7 nitrogen and oxygen atoms in total. The first-order valence-electron chi connectivity index (χ1n) is 8.43. The lowest BCUT2D eigenvalue weighted by Crippen LogP contribution is -2.42. The van der Waals surface area contributed by atoms with Crippen molar-refractivity contribution < 1.29 is 9.18 Å². The van der Waals surface area contributed by atoms with Crippen molar-refractivity contribution in [1.82, 2.24) is 14.5 Å². The van der Waals surface area contributed by atoms with Crippen LogP contribution in [0.1, 0.15) is 16.9 Å². The number of carbonyl (C=O) groups is 1. The van der Waals surface area contributed by atoms with Crippen molar-refractivity contribution >= 4 is 11.6 Å². The van der Waals surface area contributed by atoms with Gasteiger partial charge in [-0.2, -0.15) is 0 Å². The van der Waals surface area contributed by atoms with Crippen molar-refractivity contribution in [2.75, 3.05) is 24.5 Å². The maximum absolute atomic E-state index is 13.9. The maximum Gasteiger partial charge on any atom is 0.331 e. The van der Waals surface area contributed by atoms with Gasteiger partial charge in [0.1, 0.15) is 11.5 Å². The number of halogens is 1. The van der Waals surface area contributed by atoms with E-state index >= 15 is 0 Å². The molecule has 1 aliphatic rings. The fourth-order valence-corrected chi connectivity index (χ4v) is 3.20. The average molecular weight is 360 g/mol. The number of anilines is 1. The van der Waals surface area contributed by atoms with Gasteiger partial charge in [0.2, 0.25) is 0 Å². The number of hydrogen-bond donors (Lipinski definition) is 1. The summed E-state index contributed by atoms with van der Waals surface area (Å²) >= 11 is 0. The number of hydrogen-bond acceptors (Lipinski definition) is 4. The summed E-state index contributed by atoms with van der Waals surface area (Å²) in [7, 11) is 2.81. The fraction of sp³-hybridized carbons (Fsp3) is 0.389. The molecule has 0 saturated carbocycles. The summed E-state index contributed by atoms with van der Waals surface area (Å²) in [6.07, 6.45) is 0.824. The molecule has 2 heterocycles. The van der Waals surface area contributed by atoms with Crippen molar-refractivity contribution in [3.05, 3.63) is 62.7 Å². The monoisotopic (exact) mass is 360 g/mol. The standard InChI is InChI=1S/C18H21FN4O3/c1-21-15(9-16(24)22(2)18(21)26)17(25)20-10-12-7-8-23(11-12)14-6-4-3-5-13(14)19/h3-6,9,12H,7-8,10-11H2,1-2H3,(H,20,25). The lowest BCUT2D eigenvalue weighted by molar-refractivity contribution is 0.0938. The number of nitrogens with zero attached hydrogens (tertiary/aromatic N) is 3. The Morgan fingerprint density at radius 3 is 2.69 bits per heavy atom. The number of carbonyl (C=O) groups excluding carboxylic acids is 1. The van der Waals surface area contributed by atoms with Crippen LogP contribution in [0, 0.1) is 11.7 Å². The number of nitrogens with one attached hydrogen (secondary N) is 1. The Morgan fingerprint density at radius 1 is 1.23 bits per heavy atom. The van der Waals surface area contributed by atoms with E-state index in [0.717, 1.165) is 21.6 Å². The van der Waals surface area contributed by atoms with Gasteiger partial charge in [0.05, 0.1) is 5.69 Å². The molecule has 1 N–H and O–H groups in total. The predicted octanol–water partition coefficient (Wildman–Crippen LogP) is 0.479. The zero-order valence-corrected chi connectivity index (χ0v) is 14.7. The number of aromatic nitrogens is 2. The molecule has 3 rings (SSSR count). The first-order chi connectivity index (χ1) is 12.4. The predicted molar refractivity (Wildman–Crippen MR) is 96.0 cm³/mol. The van der Waals surface area contributed by atoms with Crippen LogP contribution in [0.3, 0.4) is 0 Å². The molecule has 1 fully saturated rings. The number of rotatable bonds is 4. The van der Waals surface area contributed by atoms with Crippen LogP contribution in [-0.2, 0) is 14.1 Å². The molecule has 1 unspecified atom stereocenters. The van der Waals surface area contributed by atoms with Gasteiger partial charge in [0.25, 0.3) is 11.5 Å². The van der Waals surface area contributed by atoms with E-state index in [1.165, 1.54) is 20.2 Å². The summed E-state index contributed by atoms with van der Waals surface area (Å²) in [4.78, 5) is 38.0. The molecule has 0 aliphatic carbocycles. The van der Waals surface area contributed by atoms with Gasteiger partial charge in [0, 0.05) is 39.8 Å². The minimum Gasteiger partial charge on any atom is -0.369 e. The van der Waals surface area contributed by atoms with E-state index in [0.29, 0.717) is 25.3 Å². The zero-order chi connectivity index (χ0) is 18.8. The maximum atomic E-state index is 13.9. The Balaban J connectivity index is 1.64. The number of para-hydroxylation sites is 1. The van der Waals surface area contributed by atoms with Crippen LogP contribution in [0.15, 0.2) is 39.9 Å². The molecule has 8 heteroatoms. The number of amides is 1. The SMILES string of the molecule is Cn1c(C(=O)NCC2CCN(c3ccccc3F)C2)cc(=O)n(C)c1=O. The Labute approximate surface area is 149 Å². The van der Waals surface area contributed by atoms with Gasteiger partial charge in [-0.25, -0.2) is 9.18 Å². The highest BCUT2D eigenvalue weighted by Gasteiger charge is 2.25. The minimum absolute atomic E-state index is 0.0297. The van der Waals surface area contributed by atoms with Gasteiger partial charge in [-0.05, 0) is 24.5 Å². The van der Waals surface area contributed by atoms with Gasteiger partial charge >= 0.3 is 5.69 Å². The van der Waals surface area contributed by atoms with E-state index in [1.54, 1.807) is 18.2 Å². The third-order valence-electron chi connectivity index (χ3n) is 4.79. The summed E-state index contributed by atoms with van der Waals surface area (Å²) in [6, 6.07) is 7.77. The molecule has 0 bridgehead atoms. The quantitative estimate of drug-likeness (QED) is 0.861. The molecular weight excluding hydrogens is 339 g/mol. The van der Waals surface area contributed by atoms with Crippen LogP contribution in [0.4, 0.5) is 10.1 Å². The van der Waals surface area contributed by atoms with Crippen molar-refractivity contribution in [3.63, 3.8) is 0 Å². The largest absolute Gasteiger partial charge is 0.369 e. The summed E-state index contributed by atoms with van der Waals surface area (Å²) in [6.45, 7) is 1.75. The third kappa shape index (κ3) is 3.40. The van der Waals surface area contributed by atoms with Crippen LogP contribution in [-0.4, -0.2) is 34.7 Å². The van der Waals surface area contributed by atoms with Crippen LogP contribution >= 0.6 is 0 Å². The Bertz CT molecular complexity index is 950. The van der Waals surface area contributed by atoms with Gasteiger partial charge in [-0.15, -0.1) is 0 Å². The highest BCUT2D eigenvalue weighted by Crippen LogP contribution is 2.25. The Morgan fingerprint density at radius 2 is 1.96 bits per heavy atom. The normalized spacial score (nSPS) is 16.7. The van der Waals surface area contributed by atoms with Crippen LogP contribution in [0.25, 0.3) is 0 Å². The summed E-state index contributed by atoms with van der Waals surface area (Å²) < 4.78 is 16.0. The molecule has 1 atom stereocenters. The molecule has 1 amide bonds. The van der Waals surface area contributed by atoms with Gasteiger partial charge in [0.15, 0.2) is 0 Å². The van der Waals surface area contributed by atoms with E-state index in [9.17, 15) is 18.8 Å². The van der Waals surface area contributed by atoms with Gasteiger partial charge in [-0.1, -0.05) is 12.1 Å². The molecule has 1 saturated heterocycles. The molecule has 1 aliphatic heterocycles. The summed E-state index contributed by atoms with van der Waals surface area (Å²) in [5.74, 6) is -0.555. The van der Waals surface area contributed by atoms with Crippen molar-refractivity contribution in [2.24, 2.45) is 20.0 Å². The van der Waals surface area contributed by atoms with E-state index in [2.05, 4.69) is 5.32 Å². The third-order valence-corrected chi connectivity index (χ3v) is 4.79. The smallest absolute Gasteiger partial charge is 0.331 e. The summed E-state index contributed by atoms with van der Waals surface area (Å²) in [5, 5.41) is 2.78. The van der Waals surface area contributed by atoms with E-state index in [4.69, 9.17) is 0 Å². The molecule has 2 aromatic rings. The topological polar surface area (TPSA) is 76.3 Å². The lowest BCUT2D eigenvalue weighted by Gasteiger charge is -2.19. The molecule has 1 aromatic heterocycles. The second-order valence-electron chi connectivity index (χ2n) is 6.53. The summed E-state index contributed by atoms with van der Waals surface area (Å²) in [5.41, 5.74) is -0.476. The first kappa shape index (κ1) is 17.9. The van der Waals surface area contributed by atoms with Crippen molar-refractivity contribution in [2.45, 2.75) is 6.42 Å². The average Bonchev–Trinajstić information content (AvgIpc) is 3.10. The van der Waals surface area contributed by atoms with Crippen molar-refractivity contribution in [3.8, 4) is 0 Å². The van der Waals surface area contributed by atoms with Crippen LogP contribution in [0.2, 0.25) is 0 Å². The van der Waals surface area contributed by atoms with E-state index < -0.39 is 17.2 Å². The van der Waals surface area contributed by atoms with Gasteiger partial charge in [-0.3, -0.25) is 18.7 Å². The highest BCUT2D eigenvalue weighted by molar-refractivity contribution is 5.92. The molecule has 26 heavy (non-hydrogen) atoms. The molecule has 1 aromatic carbocycles. The van der Waals surface area contributed by atoms with Crippen LogP contribution in [0.5, 0.6) is 0 Å². The van der Waals surface area contributed by atoms with Crippen molar-refractivity contribution in [1.29, 1.82) is 0 Å². The Hall–Kier alpha value is -2.90. The fourth-order valence-electron chi connectivity index (χ4n) is 3.20. The highest BCUT2D eigenvalue weighted by atomic mass is 19.1. The minimum atomic E-state index is -0.547. The van der Waals surface area contributed by atoms with Gasteiger partial charge < -0.3 is 10.2 Å². The lowest BCUT2D eigenvalue weighted by atomic mass is 10.1. The second kappa shape index (κ2) is 7.15. The zero-order valence-electron chi connectivity index (χ0n) is 14.7. The van der Waals surface area contributed by atoms with E-state index in [-0.39, 0.29) is 17.4 Å². The molecule has 0 spiro atoms. The molecular formula is C18H21FN4O3. The molecule has 138 valence electrons. The molecule has 0 radical (unpaired) electrons.